The van der Waals surface area contributed by atoms with Crippen molar-refractivity contribution in [1.82, 2.24) is 9.69 Å². The number of aromatic nitrogens is 1. The maximum atomic E-state index is 12.7. The Balaban J connectivity index is 1.84. The first-order chi connectivity index (χ1) is 12.5. The van der Waals surface area contributed by atoms with Gasteiger partial charge in [-0.05, 0) is 55.6 Å². The SMILES string of the molecule is CCC(C)NC(=O)c1ccc(C)c(NC(=O)c2nsc3ccccc23)c1. The number of benzene rings is 2. The molecule has 0 aliphatic rings. The summed E-state index contributed by atoms with van der Waals surface area (Å²) < 4.78 is 5.25. The summed E-state index contributed by atoms with van der Waals surface area (Å²) >= 11 is 1.30. The number of rotatable bonds is 5. The minimum absolute atomic E-state index is 0.100. The highest BCUT2D eigenvalue weighted by Gasteiger charge is 2.16. The Kier molecular flexibility index (Phi) is 5.32. The van der Waals surface area contributed by atoms with Crippen molar-refractivity contribution >= 4 is 39.1 Å². The van der Waals surface area contributed by atoms with Gasteiger partial charge in [-0.3, -0.25) is 9.59 Å². The minimum atomic E-state index is -0.273. The number of carbonyl (C=O) groups excluding carboxylic acids is 2. The van der Waals surface area contributed by atoms with Crippen LogP contribution in [0.1, 0.15) is 46.7 Å². The van der Waals surface area contributed by atoms with Gasteiger partial charge in [-0.1, -0.05) is 31.2 Å². The molecule has 26 heavy (non-hydrogen) atoms. The summed E-state index contributed by atoms with van der Waals surface area (Å²) in [5.41, 5.74) is 2.43. The predicted octanol–water partition coefficient (Wildman–Crippen LogP) is 4.39. The second-order valence-corrected chi connectivity index (χ2v) is 7.10. The number of anilines is 1. The van der Waals surface area contributed by atoms with Crippen LogP contribution in [0.4, 0.5) is 5.69 Å². The first-order valence-electron chi connectivity index (χ1n) is 8.57. The highest BCUT2D eigenvalue weighted by atomic mass is 32.1. The van der Waals surface area contributed by atoms with Crippen molar-refractivity contribution < 1.29 is 9.59 Å². The molecule has 0 spiro atoms. The molecule has 3 aromatic rings. The van der Waals surface area contributed by atoms with E-state index in [1.54, 1.807) is 12.1 Å². The molecule has 2 aromatic carbocycles. The van der Waals surface area contributed by atoms with Crippen molar-refractivity contribution in [1.29, 1.82) is 0 Å². The number of carbonyl (C=O) groups is 2. The van der Waals surface area contributed by atoms with Crippen LogP contribution < -0.4 is 10.6 Å². The Morgan fingerprint density at radius 3 is 2.69 bits per heavy atom. The maximum Gasteiger partial charge on any atom is 0.276 e. The van der Waals surface area contributed by atoms with E-state index in [0.717, 1.165) is 22.1 Å². The van der Waals surface area contributed by atoms with Gasteiger partial charge in [-0.15, -0.1) is 0 Å². The van der Waals surface area contributed by atoms with Gasteiger partial charge in [-0.2, -0.15) is 4.37 Å². The molecule has 1 unspecified atom stereocenters. The zero-order valence-electron chi connectivity index (χ0n) is 15.0. The lowest BCUT2D eigenvalue weighted by Gasteiger charge is -2.13. The van der Waals surface area contributed by atoms with Crippen LogP contribution in [0.25, 0.3) is 10.1 Å². The van der Waals surface area contributed by atoms with Crippen molar-refractivity contribution in [2.24, 2.45) is 0 Å². The van der Waals surface area contributed by atoms with E-state index >= 15 is 0 Å². The molecule has 134 valence electrons. The largest absolute Gasteiger partial charge is 0.350 e. The van der Waals surface area contributed by atoms with Crippen LogP contribution in [0.15, 0.2) is 42.5 Å². The van der Waals surface area contributed by atoms with Crippen LogP contribution >= 0.6 is 11.5 Å². The lowest BCUT2D eigenvalue weighted by atomic mass is 10.1. The predicted molar refractivity (Wildman–Crippen MR) is 106 cm³/mol. The van der Waals surface area contributed by atoms with Crippen LogP contribution in [0.2, 0.25) is 0 Å². The molecule has 0 saturated heterocycles. The van der Waals surface area contributed by atoms with E-state index in [1.165, 1.54) is 11.5 Å². The zero-order valence-corrected chi connectivity index (χ0v) is 15.8. The molecule has 5 nitrogen and oxygen atoms in total. The van der Waals surface area contributed by atoms with Gasteiger partial charge >= 0.3 is 0 Å². The number of nitrogens with zero attached hydrogens (tertiary/aromatic N) is 1. The van der Waals surface area contributed by atoms with Crippen LogP contribution in [-0.4, -0.2) is 22.2 Å². The summed E-state index contributed by atoms with van der Waals surface area (Å²) in [4.78, 5) is 25.0. The van der Waals surface area contributed by atoms with Gasteiger partial charge in [0.1, 0.15) is 5.69 Å². The number of aryl methyl sites for hydroxylation is 1. The van der Waals surface area contributed by atoms with E-state index in [-0.39, 0.29) is 17.9 Å². The molecule has 1 atom stereocenters. The fourth-order valence-corrected chi connectivity index (χ4v) is 3.31. The molecule has 2 amide bonds. The Bertz CT molecular complexity index is 965. The molecule has 0 radical (unpaired) electrons. The van der Waals surface area contributed by atoms with Crippen molar-refractivity contribution in [3.8, 4) is 0 Å². The van der Waals surface area contributed by atoms with E-state index < -0.39 is 0 Å². The average molecular weight is 367 g/mol. The zero-order chi connectivity index (χ0) is 18.7. The van der Waals surface area contributed by atoms with Crippen LogP contribution in [0, 0.1) is 6.92 Å². The maximum absolute atomic E-state index is 12.7. The first-order valence-corrected chi connectivity index (χ1v) is 9.34. The molecule has 0 bridgehead atoms. The Labute approximate surface area is 156 Å². The molecule has 1 heterocycles. The summed E-state index contributed by atoms with van der Waals surface area (Å²) in [5, 5.41) is 6.66. The molecule has 1 aromatic heterocycles. The summed E-state index contributed by atoms with van der Waals surface area (Å²) in [6.07, 6.45) is 0.859. The van der Waals surface area contributed by atoms with Crippen molar-refractivity contribution in [3.63, 3.8) is 0 Å². The third-order valence-electron chi connectivity index (χ3n) is 4.33. The Morgan fingerprint density at radius 1 is 1.15 bits per heavy atom. The Morgan fingerprint density at radius 2 is 1.92 bits per heavy atom. The molecule has 0 aliphatic carbocycles. The fraction of sp³-hybridized carbons (Fsp3) is 0.250. The molecule has 0 saturated carbocycles. The lowest BCUT2D eigenvalue weighted by molar-refractivity contribution is 0.0938. The Hall–Kier alpha value is -2.73. The molecular weight excluding hydrogens is 346 g/mol. The van der Waals surface area contributed by atoms with Crippen molar-refractivity contribution in [2.45, 2.75) is 33.2 Å². The van der Waals surface area contributed by atoms with Crippen LogP contribution in [0.5, 0.6) is 0 Å². The highest BCUT2D eigenvalue weighted by Crippen LogP contribution is 2.24. The van der Waals surface area contributed by atoms with Crippen LogP contribution in [0.3, 0.4) is 0 Å². The van der Waals surface area contributed by atoms with Gasteiger partial charge < -0.3 is 10.6 Å². The monoisotopic (exact) mass is 367 g/mol. The molecule has 3 rings (SSSR count). The van der Waals surface area contributed by atoms with Gasteiger partial charge in [0, 0.05) is 22.7 Å². The normalized spacial score (nSPS) is 12.0. The summed E-state index contributed by atoms with van der Waals surface area (Å²) in [6, 6.07) is 13.0. The van der Waals surface area contributed by atoms with E-state index in [1.807, 2.05) is 51.1 Å². The standard InChI is InChI=1S/C20H21N3O2S/c1-4-13(3)21-19(24)14-10-9-12(2)16(11-14)22-20(25)18-15-7-5-6-8-17(15)26-23-18/h5-11,13H,4H2,1-3H3,(H,21,24)(H,22,25). The summed E-state index contributed by atoms with van der Waals surface area (Å²) in [5.74, 6) is -0.418. The lowest BCUT2D eigenvalue weighted by Crippen LogP contribution is -2.32. The number of amides is 2. The average Bonchev–Trinajstić information content (AvgIpc) is 3.07. The van der Waals surface area contributed by atoms with Gasteiger partial charge in [0.05, 0.1) is 4.70 Å². The van der Waals surface area contributed by atoms with Crippen LogP contribution in [-0.2, 0) is 0 Å². The third kappa shape index (κ3) is 3.75. The van der Waals surface area contributed by atoms with Gasteiger partial charge in [0.2, 0.25) is 0 Å². The topological polar surface area (TPSA) is 71.1 Å². The minimum Gasteiger partial charge on any atom is -0.350 e. The van der Waals surface area contributed by atoms with Gasteiger partial charge in [0.25, 0.3) is 11.8 Å². The molecule has 0 fully saturated rings. The van der Waals surface area contributed by atoms with Crippen molar-refractivity contribution in [2.75, 3.05) is 5.32 Å². The van der Waals surface area contributed by atoms with Gasteiger partial charge in [-0.25, -0.2) is 0 Å². The summed E-state index contributed by atoms with van der Waals surface area (Å²) in [6.45, 7) is 5.87. The molecule has 6 heteroatoms. The number of nitrogens with one attached hydrogen (secondary N) is 2. The smallest absolute Gasteiger partial charge is 0.276 e. The fourth-order valence-electron chi connectivity index (χ4n) is 2.54. The van der Waals surface area contributed by atoms with E-state index in [0.29, 0.717) is 16.9 Å². The molecule has 0 aliphatic heterocycles. The van der Waals surface area contributed by atoms with E-state index in [9.17, 15) is 9.59 Å². The second-order valence-electron chi connectivity index (χ2n) is 6.29. The van der Waals surface area contributed by atoms with E-state index in [4.69, 9.17) is 0 Å². The number of fused-ring (bicyclic) bond motifs is 1. The quantitative estimate of drug-likeness (QED) is 0.703. The van der Waals surface area contributed by atoms with Gasteiger partial charge in [0.15, 0.2) is 0 Å². The van der Waals surface area contributed by atoms with Crippen molar-refractivity contribution in [3.05, 3.63) is 59.3 Å². The van der Waals surface area contributed by atoms with E-state index in [2.05, 4.69) is 15.0 Å². The number of hydrogen-bond donors (Lipinski definition) is 2. The molecular formula is C20H21N3O2S. The third-order valence-corrected chi connectivity index (χ3v) is 5.16. The first kappa shape index (κ1) is 18.1. The second kappa shape index (κ2) is 7.66. The number of hydrogen-bond acceptors (Lipinski definition) is 4. The summed E-state index contributed by atoms with van der Waals surface area (Å²) in [7, 11) is 0. The highest BCUT2D eigenvalue weighted by molar-refractivity contribution is 7.13. The molecule has 2 N–H and O–H groups in total.